The van der Waals surface area contributed by atoms with Crippen molar-refractivity contribution >= 4 is 23.4 Å². The van der Waals surface area contributed by atoms with Crippen molar-refractivity contribution in [3.63, 3.8) is 0 Å². The Hall–Kier alpha value is -1.70. The Morgan fingerprint density at radius 1 is 1.50 bits per heavy atom. The van der Waals surface area contributed by atoms with E-state index in [0.29, 0.717) is 0 Å². The van der Waals surface area contributed by atoms with Crippen LogP contribution < -0.4 is 0 Å². The van der Waals surface area contributed by atoms with E-state index >= 15 is 0 Å². The molecule has 0 radical (unpaired) electrons. The summed E-state index contributed by atoms with van der Waals surface area (Å²) in [7, 11) is 0. The quantitative estimate of drug-likeness (QED) is 0.368. The van der Waals surface area contributed by atoms with Gasteiger partial charge >= 0.3 is 11.7 Å². The second-order valence-corrected chi connectivity index (χ2v) is 4.99. The zero-order valence-corrected chi connectivity index (χ0v) is 9.39. The first-order valence-corrected chi connectivity index (χ1v) is 5.03. The van der Waals surface area contributed by atoms with Gasteiger partial charge in [-0.25, -0.2) is 9.97 Å². The van der Waals surface area contributed by atoms with Gasteiger partial charge in [0.1, 0.15) is 17.1 Å². The first-order chi connectivity index (χ1) is 7.33. The van der Waals surface area contributed by atoms with Gasteiger partial charge < -0.3 is 5.11 Å². The molecule has 1 N–H and O–H groups in total. The van der Waals surface area contributed by atoms with Crippen LogP contribution in [0.1, 0.15) is 13.8 Å². The molecule has 0 saturated carbocycles. The summed E-state index contributed by atoms with van der Waals surface area (Å²) in [6.45, 7) is 3.01. The predicted molar refractivity (Wildman–Crippen MR) is 56.3 cm³/mol. The molecule has 0 aliphatic rings. The zero-order chi connectivity index (χ0) is 12.3. The lowest BCUT2D eigenvalue weighted by Crippen LogP contribution is -2.27. The van der Waals surface area contributed by atoms with Crippen LogP contribution in [-0.2, 0) is 4.79 Å². The molecule has 0 unspecified atom stereocenters. The van der Waals surface area contributed by atoms with Crippen molar-refractivity contribution in [2.24, 2.45) is 0 Å². The topological polar surface area (TPSA) is 106 Å². The van der Waals surface area contributed by atoms with Crippen molar-refractivity contribution in [3.05, 3.63) is 22.5 Å². The van der Waals surface area contributed by atoms with Crippen molar-refractivity contribution in [2.75, 3.05) is 0 Å². The number of aliphatic carboxylic acids is 1. The third-order valence-corrected chi connectivity index (χ3v) is 2.77. The molecule has 86 valence electrons. The molecular weight excluding hydrogens is 234 g/mol. The van der Waals surface area contributed by atoms with Crippen molar-refractivity contribution in [3.8, 4) is 0 Å². The van der Waals surface area contributed by atoms with E-state index < -0.39 is 15.6 Å². The average molecular weight is 243 g/mol. The van der Waals surface area contributed by atoms with Crippen LogP contribution in [-0.4, -0.2) is 30.7 Å². The summed E-state index contributed by atoms with van der Waals surface area (Å²) in [5.74, 6) is -1.00. The highest BCUT2D eigenvalue weighted by Crippen LogP contribution is 2.30. The zero-order valence-electron chi connectivity index (χ0n) is 8.58. The fraction of sp³-hybridized carbons (Fsp3) is 0.375. The van der Waals surface area contributed by atoms with Crippen molar-refractivity contribution < 1.29 is 14.8 Å². The predicted octanol–water partition coefficient (Wildman–Crippen LogP) is 1.34. The summed E-state index contributed by atoms with van der Waals surface area (Å²) >= 11 is 0.930. The Balaban J connectivity index is 2.84. The van der Waals surface area contributed by atoms with E-state index in [1.54, 1.807) is 0 Å². The monoisotopic (exact) mass is 243 g/mol. The lowest BCUT2D eigenvalue weighted by atomic mass is 10.2. The Kier molecular flexibility index (Phi) is 3.43. The van der Waals surface area contributed by atoms with Crippen molar-refractivity contribution in [1.82, 2.24) is 9.97 Å². The van der Waals surface area contributed by atoms with Crippen LogP contribution in [0.3, 0.4) is 0 Å². The maximum Gasteiger partial charge on any atom is 0.319 e. The number of rotatable bonds is 4. The molecule has 0 spiro atoms. The van der Waals surface area contributed by atoms with Gasteiger partial charge in [0, 0.05) is 0 Å². The highest BCUT2D eigenvalue weighted by Gasteiger charge is 2.29. The number of hydrogen-bond acceptors (Lipinski definition) is 6. The molecule has 1 rings (SSSR count). The van der Waals surface area contributed by atoms with Crippen LogP contribution in [0.2, 0.25) is 0 Å². The Bertz CT molecular complexity index is 418. The molecule has 0 aliphatic carbocycles. The summed E-state index contributed by atoms with van der Waals surface area (Å²) in [5.41, 5.74) is -0.225. The number of carboxylic acids is 1. The largest absolute Gasteiger partial charge is 0.480 e. The first-order valence-electron chi connectivity index (χ1n) is 4.22. The van der Waals surface area contributed by atoms with Crippen LogP contribution in [0, 0.1) is 10.1 Å². The van der Waals surface area contributed by atoms with E-state index in [9.17, 15) is 14.9 Å². The normalized spacial score (nSPS) is 11.1. The SMILES string of the molecule is CC(C)(Sc1ncc([N+](=O)[O-])cn1)C(=O)O. The number of nitro groups is 1. The van der Waals surface area contributed by atoms with E-state index in [2.05, 4.69) is 9.97 Å². The lowest BCUT2D eigenvalue weighted by molar-refractivity contribution is -0.385. The van der Waals surface area contributed by atoms with Gasteiger partial charge in [0.2, 0.25) is 0 Å². The molecule has 1 heterocycles. The van der Waals surface area contributed by atoms with E-state index in [1.807, 2.05) is 0 Å². The lowest BCUT2D eigenvalue weighted by Gasteiger charge is -2.16. The van der Waals surface area contributed by atoms with Crippen LogP contribution in [0.4, 0.5) is 5.69 Å². The number of aromatic nitrogens is 2. The second-order valence-electron chi connectivity index (χ2n) is 3.40. The number of carboxylic acid groups (broad SMARTS) is 1. The van der Waals surface area contributed by atoms with E-state index in [-0.39, 0.29) is 10.8 Å². The second kappa shape index (κ2) is 4.44. The summed E-state index contributed by atoms with van der Waals surface area (Å²) in [5, 5.41) is 19.4. The highest BCUT2D eigenvalue weighted by atomic mass is 32.2. The number of hydrogen-bond donors (Lipinski definition) is 1. The molecule has 0 aromatic carbocycles. The van der Waals surface area contributed by atoms with Gasteiger partial charge in [0.15, 0.2) is 5.16 Å². The molecule has 1 aromatic heterocycles. The Morgan fingerprint density at radius 2 is 2.00 bits per heavy atom. The number of carbonyl (C=O) groups is 1. The number of nitrogens with zero attached hydrogens (tertiary/aromatic N) is 3. The van der Waals surface area contributed by atoms with Gasteiger partial charge in [0.25, 0.3) is 0 Å². The molecule has 0 saturated heterocycles. The van der Waals surface area contributed by atoms with E-state index in [0.717, 1.165) is 24.2 Å². The summed E-state index contributed by atoms with van der Waals surface area (Å²) in [6, 6.07) is 0. The fourth-order valence-electron chi connectivity index (χ4n) is 0.728. The molecule has 8 heteroatoms. The first kappa shape index (κ1) is 12.4. The van der Waals surface area contributed by atoms with Gasteiger partial charge in [-0.1, -0.05) is 11.8 Å². The average Bonchev–Trinajstić information content (AvgIpc) is 2.17. The molecule has 0 aliphatic heterocycles. The van der Waals surface area contributed by atoms with Crippen LogP contribution >= 0.6 is 11.8 Å². The van der Waals surface area contributed by atoms with Gasteiger partial charge in [-0.3, -0.25) is 14.9 Å². The highest BCUT2D eigenvalue weighted by molar-refractivity contribution is 8.01. The van der Waals surface area contributed by atoms with Crippen molar-refractivity contribution in [1.29, 1.82) is 0 Å². The van der Waals surface area contributed by atoms with Gasteiger partial charge in [-0.15, -0.1) is 0 Å². The minimum Gasteiger partial charge on any atom is -0.480 e. The smallest absolute Gasteiger partial charge is 0.319 e. The molecule has 0 bridgehead atoms. The van der Waals surface area contributed by atoms with Gasteiger partial charge in [0.05, 0.1) is 4.92 Å². The summed E-state index contributed by atoms with van der Waals surface area (Å²) < 4.78 is -1.07. The van der Waals surface area contributed by atoms with Crippen molar-refractivity contribution in [2.45, 2.75) is 23.8 Å². The summed E-state index contributed by atoms with van der Waals surface area (Å²) in [6.07, 6.45) is 2.10. The Morgan fingerprint density at radius 3 is 2.38 bits per heavy atom. The molecule has 16 heavy (non-hydrogen) atoms. The molecule has 0 fully saturated rings. The minimum atomic E-state index is -1.07. The Labute approximate surface area is 95.1 Å². The summed E-state index contributed by atoms with van der Waals surface area (Å²) in [4.78, 5) is 28.0. The van der Waals surface area contributed by atoms with Gasteiger partial charge in [-0.2, -0.15) is 0 Å². The van der Waals surface area contributed by atoms with Crippen LogP contribution in [0.25, 0.3) is 0 Å². The van der Waals surface area contributed by atoms with E-state index in [4.69, 9.17) is 5.11 Å². The fourth-order valence-corrected chi connectivity index (χ4v) is 1.48. The standard InChI is InChI=1S/C8H9N3O4S/c1-8(2,6(12)13)16-7-9-3-5(4-10-7)11(14)15/h3-4H,1-2H3,(H,12,13). The maximum absolute atomic E-state index is 10.8. The molecule has 7 nitrogen and oxygen atoms in total. The van der Waals surface area contributed by atoms with E-state index in [1.165, 1.54) is 13.8 Å². The van der Waals surface area contributed by atoms with Crippen LogP contribution in [0.15, 0.2) is 17.6 Å². The third kappa shape index (κ3) is 2.89. The molecule has 0 atom stereocenters. The maximum atomic E-state index is 10.8. The molecular formula is C8H9N3O4S. The third-order valence-electron chi connectivity index (χ3n) is 1.69. The van der Waals surface area contributed by atoms with Gasteiger partial charge in [-0.05, 0) is 13.8 Å². The van der Waals surface area contributed by atoms with Crippen LogP contribution in [0.5, 0.6) is 0 Å². The number of thioether (sulfide) groups is 1. The molecule has 0 amide bonds. The molecule has 1 aromatic rings. The minimum absolute atomic E-state index is 0.193.